The van der Waals surface area contributed by atoms with Crippen molar-refractivity contribution in [1.29, 1.82) is 0 Å². The summed E-state index contributed by atoms with van der Waals surface area (Å²) < 4.78 is 0. The van der Waals surface area contributed by atoms with Crippen molar-refractivity contribution in [2.75, 3.05) is 29.9 Å². The SMILES string of the molecule is CCN(CCCNc1ccccc1)c1ccccc1. The molecular formula is C17H22N2. The van der Waals surface area contributed by atoms with Gasteiger partial charge in [-0.25, -0.2) is 0 Å². The smallest absolute Gasteiger partial charge is 0.0366 e. The minimum Gasteiger partial charge on any atom is -0.385 e. The molecule has 0 saturated carbocycles. The Labute approximate surface area is 116 Å². The van der Waals surface area contributed by atoms with Gasteiger partial charge in [0.05, 0.1) is 0 Å². The Morgan fingerprint density at radius 2 is 1.53 bits per heavy atom. The van der Waals surface area contributed by atoms with Crippen LogP contribution in [0.4, 0.5) is 11.4 Å². The van der Waals surface area contributed by atoms with Crippen molar-refractivity contribution >= 4 is 11.4 Å². The highest BCUT2D eigenvalue weighted by Gasteiger charge is 2.02. The molecule has 2 aromatic rings. The van der Waals surface area contributed by atoms with E-state index in [-0.39, 0.29) is 0 Å². The topological polar surface area (TPSA) is 15.3 Å². The fourth-order valence-electron chi connectivity index (χ4n) is 2.17. The maximum absolute atomic E-state index is 3.45. The Hall–Kier alpha value is -1.96. The van der Waals surface area contributed by atoms with Gasteiger partial charge < -0.3 is 10.2 Å². The predicted octanol–water partition coefficient (Wildman–Crippen LogP) is 4.02. The molecule has 2 rings (SSSR count). The highest BCUT2D eigenvalue weighted by molar-refractivity contribution is 5.46. The summed E-state index contributed by atoms with van der Waals surface area (Å²) in [6.07, 6.45) is 1.14. The quantitative estimate of drug-likeness (QED) is 0.751. The van der Waals surface area contributed by atoms with Crippen LogP contribution in [0, 0.1) is 0 Å². The van der Waals surface area contributed by atoms with E-state index in [1.54, 1.807) is 0 Å². The van der Waals surface area contributed by atoms with Crippen molar-refractivity contribution < 1.29 is 0 Å². The lowest BCUT2D eigenvalue weighted by Crippen LogP contribution is -2.25. The van der Waals surface area contributed by atoms with E-state index in [1.807, 2.05) is 6.07 Å². The van der Waals surface area contributed by atoms with Gasteiger partial charge in [0.25, 0.3) is 0 Å². The zero-order valence-corrected chi connectivity index (χ0v) is 11.5. The number of hydrogen-bond acceptors (Lipinski definition) is 2. The minimum atomic E-state index is 1.01. The second-order valence-electron chi connectivity index (χ2n) is 4.56. The molecule has 0 aliphatic heterocycles. The molecule has 1 N–H and O–H groups in total. The maximum atomic E-state index is 3.45. The molecule has 0 aromatic heterocycles. The number of rotatable bonds is 7. The summed E-state index contributed by atoms with van der Waals surface area (Å²) in [5.41, 5.74) is 2.51. The number of para-hydroxylation sites is 2. The molecule has 2 nitrogen and oxygen atoms in total. The molecule has 0 spiro atoms. The van der Waals surface area contributed by atoms with Crippen molar-refractivity contribution in [3.63, 3.8) is 0 Å². The first kappa shape index (κ1) is 13.5. The van der Waals surface area contributed by atoms with E-state index in [1.165, 1.54) is 11.4 Å². The van der Waals surface area contributed by atoms with E-state index in [2.05, 4.69) is 71.7 Å². The molecule has 0 bridgehead atoms. The highest BCUT2D eigenvalue weighted by atomic mass is 15.1. The molecule has 2 aromatic carbocycles. The van der Waals surface area contributed by atoms with Crippen molar-refractivity contribution in [2.24, 2.45) is 0 Å². The van der Waals surface area contributed by atoms with Crippen LogP contribution in [0.5, 0.6) is 0 Å². The van der Waals surface area contributed by atoms with Crippen LogP contribution in [-0.2, 0) is 0 Å². The lowest BCUT2D eigenvalue weighted by atomic mass is 10.2. The van der Waals surface area contributed by atoms with E-state index in [4.69, 9.17) is 0 Å². The molecule has 100 valence electrons. The van der Waals surface area contributed by atoms with E-state index < -0.39 is 0 Å². The lowest BCUT2D eigenvalue weighted by molar-refractivity contribution is 0.769. The van der Waals surface area contributed by atoms with Crippen LogP contribution in [0.15, 0.2) is 60.7 Å². The number of anilines is 2. The largest absolute Gasteiger partial charge is 0.385 e. The summed E-state index contributed by atoms with van der Waals surface area (Å²) in [4.78, 5) is 2.41. The molecule has 0 radical (unpaired) electrons. The van der Waals surface area contributed by atoms with Crippen LogP contribution in [0.25, 0.3) is 0 Å². The average molecular weight is 254 g/mol. The highest BCUT2D eigenvalue weighted by Crippen LogP contribution is 2.13. The molecular weight excluding hydrogens is 232 g/mol. The van der Waals surface area contributed by atoms with Gasteiger partial charge in [-0.3, -0.25) is 0 Å². The molecule has 0 unspecified atom stereocenters. The van der Waals surface area contributed by atoms with Gasteiger partial charge in [-0.2, -0.15) is 0 Å². The summed E-state index contributed by atoms with van der Waals surface area (Å²) >= 11 is 0. The van der Waals surface area contributed by atoms with Crippen molar-refractivity contribution in [2.45, 2.75) is 13.3 Å². The van der Waals surface area contributed by atoms with Crippen LogP contribution in [0.1, 0.15) is 13.3 Å². The fourth-order valence-corrected chi connectivity index (χ4v) is 2.17. The maximum Gasteiger partial charge on any atom is 0.0366 e. The van der Waals surface area contributed by atoms with Crippen LogP contribution in [-0.4, -0.2) is 19.6 Å². The fraction of sp³-hybridized carbons (Fsp3) is 0.294. The molecule has 19 heavy (non-hydrogen) atoms. The van der Waals surface area contributed by atoms with Gasteiger partial charge in [0.15, 0.2) is 0 Å². The zero-order chi connectivity index (χ0) is 13.3. The monoisotopic (exact) mass is 254 g/mol. The Bertz CT molecular complexity index is 453. The molecule has 0 heterocycles. The second kappa shape index (κ2) is 7.47. The minimum absolute atomic E-state index is 1.01. The summed E-state index contributed by atoms with van der Waals surface area (Å²) in [6, 6.07) is 21.0. The van der Waals surface area contributed by atoms with Crippen LogP contribution in [0.2, 0.25) is 0 Å². The van der Waals surface area contributed by atoms with Gasteiger partial charge in [-0.15, -0.1) is 0 Å². The van der Waals surface area contributed by atoms with E-state index in [9.17, 15) is 0 Å². The summed E-state index contributed by atoms with van der Waals surface area (Å²) in [6.45, 7) is 5.35. The summed E-state index contributed by atoms with van der Waals surface area (Å²) in [5.74, 6) is 0. The van der Waals surface area contributed by atoms with Gasteiger partial charge in [0.1, 0.15) is 0 Å². The molecule has 2 heteroatoms. The first-order valence-corrected chi connectivity index (χ1v) is 6.99. The standard InChI is InChI=1S/C17H22N2/c1-2-19(17-12-7-4-8-13-17)15-9-14-18-16-10-5-3-6-11-16/h3-8,10-13,18H,2,9,14-15H2,1H3. The van der Waals surface area contributed by atoms with Gasteiger partial charge in [0.2, 0.25) is 0 Å². The van der Waals surface area contributed by atoms with Crippen LogP contribution in [0.3, 0.4) is 0 Å². The zero-order valence-electron chi connectivity index (χ0n) is 11.5. The van der Waals surface area contributed by atoms with Crippen molar-refractivity contribution in [3.05, 3.63) is 60.7 Å². The summed E-state index contributed by atoms with van der Waals surface area (Å²) in [5, 5.41) is 3.45. The Morgan fingerprint density at radius 3 is 2.16 bits per heavy atom. The van der Waals surface area contributed by atoms with Gasteiger partial charge in [-0.05, 0) is 37.6 Å². The van der Waals surface area contributed by atoms with E-state index in [0.29, 0.717) is 0 Å². The van der Waals surface area contributed by atoms with Crippen molar-refractivity contribution in [3.8, 4) is 0 Å². The van der Waals surface area contributed by atoms with Crippen LogP contribution >= 0.6 is 0 Å². The molecule has 0 amide bonds. The first-order chi connectivity index (χ1) is 9.40. The lowest BCUT2D eigenvalue weighted by Gasteiger charge is -2.23. The number of benzene rings is 2. The Kier molecular flexibility index (Phi) is 5.30. The van der Waals surface area contributed by atoms with Gasteiger partial charge in [-0.1, -0.05) is 36.4 Å². The third kappa shape index (κ3) is 4.32. The second-order valence-corrected chi connectivity index (χ2v) is 4.56. The third-order valence-corrected chi connectivity index (χ3v) is 3.21. The van der Waals surface area contributed by atoms with E-state index >= 15 is 0 Å². The molecule has 0 fully saturated rings. The van der Waals surface area contributed by atoms with E-state index in [0.717, 1.165) is 26.1 Å². The molecule has 0 saturated heterocycles. The summed E-state index contributed by atoms with van der Waals surface area (Å²) in [7, 11) is 0. The molecule has 0 aliphatic carbocycles. The van der Waals surface area contributed by atoms with Crippen molar-refractivity contribution in [1.82, 2.24) is 0 Å². The molecule has 0 aliphatic rings. The number of hydrogen-bond donors (Lipinski definition) is 1. The third-order valence-electron chi connectivity index (χ3n) is 3.21. The predicted molar refractivity (Wildman–Crippen MR) is 83.9 cm³/mol. The Balaban J connectivity index is 1.75. The number of nitrogens with one attached hydrogen (secondary N) is 1. The molecule has 0 atom stereocenters. The van der Waals surface area contributed by atoms with Crippen LogP contribution < -0.4 is 10.2 Å². The Morgan fingerprint density at radius 1 is 0.895 bits per heavy atom. The average Bonchev–Trinajstić information content (AvgIpc) is 2.49. The normalized spacial score (nSPS) is 10.2. The number of nitrogens with zero attached hydrogens (tertiary/aromatic N) is 1. The first-order valence-electron chi connectivity index (χ1n) is 6.99. The van der Waals surface area contributed by atoms with Gasteiger partial charge in [0, 0.05) is 31.0 Å². The van der Waals surface area contributed by atoms with Gasteiger partial charge >= 0.3 is 0 Å².